The third-order valence-corrected chi connectivity index (χ3v) is 1.79. The minimum absolute atomic E-state index is 0.00694. The van der Waals surface area contributed by atoms with Gasteiger partial charge in [-0.15, -0.1) is 0 Å². The van der Waals surface area contributed by atoms with Crippen LogP contribution in [0.1, 0.15) is 11.5 Å². The van der Waals surface area contributed by atoms with Crippen LogP contribution >= 0.6 is 0 Å². The fourth-order valence-corrected chi connectivity index (χ4v) is 1.22. The quantitative estimate of drug-likeness (QED) is 0.728. The van der Waals surface area contributed by atoms with Gasteiger partial charge in [-0.1, -0.05) is 36.9 Å². The highest BCUT2D eigenvalue weighted by Crippen LogP contribution is 2.38. The largest absolute Gasteiger partial charge is 0.512 e. The number of allylic oxidation sites excluding steroid dienone is 1. The van der Waals surface area contributed by atoms with E-state index in [1.54, 1.807) is 6.07 Å². The van der Waals surface area contributed by atoms with Gasteiger partial charge in [0, 0.05) is 0 Å². The first-order valence-corrected chi connectivity index (χ1v) is 3.92. The van der Waals surface area contributed by atoms with E-state index in [4.69, 9.17) is 5.11 Å². The summed E-state index contributed by atoms with van der Waals surface area (Å²) in [5, 5.41) is 8.89. The lowest BCUT2D eigenvalue weighted by atomic mass is 9.97. The molecule has 0 saturated carbocycles. The fourth-order valence-electron chi connectivity index (χ4n) is 1.22. The highest BCUT2D eigenvalue weighted by atomic mass is 19.4. The molecule has 0 spiro atoms. The Kier molecular flexibility index (Phi) is 2.84. The summed E-state index contributed by atoms with van der Waals surface area (Å²) in [5.41, 5.74) is -0.00694. The number of alkyl halides is 3. The van der Waals surface area contributed by atoms with Gasteiger partial charge in [0.25, 0.3) is 0 Å². The minimum atomic E-state index is -4.51. The molecule has 1 unspecified atom stereocenters. The van der Waals surface area contributed by atoms with Crippen molar-refractivity contribution in [3.8, 4) is 0 Å². The summed E-state index contributed by atoms with van der Waals surface area (Å²) < 4.78 is 37.3. The molecular weight excluding hydrogens is 193 g/mol. The van der Waals surface area contributed by atoms with Crippen molar-refractivity contribution >= 4 is 0 Å². The van der Waals surface area contributed by atoms with Crippen LogP contribution in [0.5, 0.6) is 0 Å². The average Bonchev–Trinajstić information content (AvgIpc) is 2.02. The van der Waals surface area contributed by atoms with E-state index in [0.29, 0.717) is 0 Å². The van der Waals surface area contributed by atoms with Crippen molar-refractivity contribution in [2.24, 2.45) is 0 Å². The normalized spacial score (nSPS) is 13.6. The standard InChI is InChI=1S/C10H9F3O/c1-7(14)9(10(11,12)13)8-5-3-2-4-6-8/h2-6,9,14H,1H2. The number of hydrogen-bond donors (Lipinski definition) is 1. The van der Waals surface area contributed by atoms with Crippen molar-refractivity contribution < 1.29 is 18.3 Å². The van der Waals surface area contributed by atoms with Gasteiger partial charge in [-0.05, 0) is 5.56 Å². The van der Waals surface area contributed by atoms with Crippen LogP contribution in [-0.4, -0.2) is 11.3 Å². The molecular formula is C10H9F3O. The summed E-state index contributed by atoms with van der Waals surface area (Å²) in [7, 11) is 0. The van der Waals surface area contributed by atoms with Gasteiger partial charge >= 0.3 is 6.18 Å². The lowest BCUT2D eigenvalue weighted by molar-refractivity contribution is -0.147. The first-order valence-electron chi connectivity index (χ1n) is 3.92. The summed E-state index contributed by atoms with van der Waals surface area (Å²) >= 11 is 0. The van der Waals surface area contributed by atoms with E-state index in [1.807, 2.05) is 0 Å². The van der Waals surface area contributed by atoms with Gasteiger partial charge in [0.05, 0.1) is 0 Å². The molecule has 0 bridgehead atoms. The molecule has 0 fully saturated rings. The average molecular weight is 202 g/mol. The molecule has 1 aromatic carbocycles. The van der Waals surface area contributed by atoms with Crippen molar-refractivity contribution in [2.75, 3.05) is 0 Å². The zero-order chi connectivity index (χ0) is 10.8. The van der Waals surface area contributed by atoms with E-state index in [1.165, 1.54) is 24.3 Å². The Morgan fingerprint density at radius 2 is 1.71 bits per heavy atom. The molecule has 0 aliphatic rings. The monoisotopic (exact) mass is 202 g/mol. The van der Waals surface area contributed by atoms with Gasteiger partial charge in [-0.3, -0.25) is 0 Å². The molecule has 14 heavy (non-hydrogen) atoms. The molecule has 1 N–H and O–H groups in total. The molecule has 1 atom stereocenters. The van der Waals surface area contributed by atoms with E-state index in [9.17, 15) is 13.2 Å². The summed E-state index contributed by atoms with van der Waals surface area (Å²) in [6.45, 7) is 2.93. The molecule has 76 valence electrons. The summed E-state index contributed by atoms with van der Waals surface area (Å²) in [4.78, 5) is 0. The molecule has 0 radical (unpaired) electrons. The van der Waals surface area contributed by atoms with Crippen LogP contribution in [0.15, 0.2) is 42.7 Å². The summed E-state index contributed by atoms with van der Waals surface area (Å²) in [6.07, 6.45) is -4.51. The highest BCUT2D eigenvalue weighted by Gasteiger charge is 2.42. The third-order valence-electron chi connectivity index (χ3n) is 1.79. The van der Waals surface area contributed by atoms with E-state index in [2.05, 4.69) is 6.58 Å². The Bertz CT molecular complexity index is 316. The van der Waals surface area contributed by atoms with Gasteiger partial charge in [0.2, 0.25) is 0 Å². The Morgan fingerprint density at radius 3 is 2.07 bits per heavy atom. The molecule has 0 amide bonds. The molecule has 0 aromatic heterocycles. The molecule has 1 nitrogen and oxygen atoms in total. The topological polar surface area (TPSA) is 20.2 Å². The third kappa shape index (κ3) is 2.28. The van der Waals surface area contributed by atoms with Gasteiger partial charge < -0.3 is 5.11 Å². The maximum Gasteiger partial charge on any atom is 0.402 e. The van der Waals surface area contributed by atoms with Crippen LogP contribution < -0.4 is 0 Å². The second kappa shape index (κ2) is 3.74. The van der Waals surface area contributed by atoms with E-state index >= 15 is 0 Å². The predicted molar refractivity (Wildman–Crippen MR) is 47.0 cm³/mol. The number of aliphatic hydroxyl groups excluding tert-OH is 1. The zero-order valence-corrected chi connectivity index (χ0v) is 7.25. The van der Waals surface area contributed by atoms with Crippen molar-refractivity contribution in [2.45, 2.75) is 12.1 Å². The number of aliphatic hydroxyl groups is 1. The number of halogens is 3. The maximum atomic E-state index is 12.4. The lowest BCUT2D eigenvalue weighted by Gasteiger charge is -2.19. The minimum Gasteiger partial charge on any atom is -0.512 e. The van der Waals surface area contributed by atoms with Crippen LogP contribution in [0.4, 0.5) is 13.2 Å². The number of benzene rings is 1. The smallest absolute Gasteiger partial charge is 0.402 e. The molecule has 0 aliphatic heterocycles. The molecule has 1 aromatic rings. The Morgan fingerprint density at radius 1 is 1.21 bits per heavy atom. The van der Waals surface area contributed by atoms with Crippen molar-refractivity contribution in [3.05, 3.63) is 48.2 Å². The zero-order valence-electron chi connectivity index (χ0n) is 7.25. The molecule has 0 aliphatic carbocycles. The lowest BCUT2D eigenvalue weighted by Crippen LogP contribution is -2.22. The van der Waals surface area contributed by atoms with Crippen LogP contribution in [0, 0.1) is 0 Å². The van der Waals surface area contributed by atoms with Gasteiger partial charge in [0.15, 0.2) is 0 Å². The van der Waals surface area contributed by atoms with Gasteiger partial charge in [-0.2, -0.15) is 13.2 Å². The number of hydrogen-bond acceptors (Lipinski definition) is 1. The highest BCUT2D eigenvalue weighted by molar-refractivity contribution is 5.26. The molecule has 4 heteroatoms. The first-order chi connectivity index (χ1) is 6.43. The van der Waals surface area contributed by atoms with Crippen LogP contribution in [-0.2, 0) is 0 Å². The molecule has 0 saturated heterocycles. The predicted octanol–water partition coefficient (Wildman–Crippen LogP) is 3.40. The van der Waals surface area contributed by atoms with Crippen molar-refractivity contribution in [3.63, 3.8) is 0 Å². The Labute approximate surface area is 79.5 Å². The van der Waals surface area contributed by atoms with E-state index in [0.717, 1.165) is 0 Å². The second-order valence-corrected chi connectivity index (χ2v) is 2.88. The maximum absolute atomic E-state index is 12.4. The van der Waals surface area contributed by atoms with Gasteiger partial charge in [0.1, 0.15) is 11.7 Å². The van der Waals surface area contributed by atoms with Crippen LogP contribution in [0.2, 0.25) is 0 Å². The van der Waals surface area contributed by atoms with Crippen molar-refractivity contribution in [1.29, 1.82) is 0 Å². The van der Waals surface area contributed by atoms with Gasteiger partial charge in [-0.25, -0.2) is 0 Å². The SMILES string of the molecule is C=C(O)C(c1ccccc1)C(F)(F)F. The Balaban J connectivity index is 3.08. The van der Waals surface area contributed by atoms with E-state index < -0.39 is 17.9 Å². The Hall–Kier alpha value is -1.45. The second-order valence-electron chi connectivity index (χ2n) is 2.88. The summed E-state index contributed by atoms with van der Waals surface area (Å²) in [6, 6.07) is 7.18. The number of rotatable bonds is 2. The van der Waals surface area contributed by atoms with Crippen LogP contribution in [0.25, 0.3) is 0 Å². The first kappa shape index (κ1) is 10.6. The fraction of sp³-hybridized carbons (Fsp3) is 0.200. The molecule has 0 heterocycles. The van der Waals surface area contributed by atoms with Crippen LogP contribution in [0.3, 0.4) is 0 Å². The molecule has 1 rings (SSSR count). The van der Waals surface area contributed by atoms with E-state index in [-0.39, 0.29) is 5.56 Å². The van der Waals surface area contributed by atoms with Crippen molar-refractivity contribution in [1.82, 2.24) is 0 Å². The summed E-state index contributed by atoms with van der Waals surface area (Å²) in [5.74, 6) is -2.88.